The number of alkyl halides is 3. The molecule has 0 bridgehead atoms. The fraction of sp³-hybridized carbons (Fsp3) is 0.200. The molecule has 0 atom stereocenters. The molecule has 0 saturated carbocycles. The van der Waals surface area contributed by atoms with Gasteiger partial charge < -0.3 is 15.0 Å². The Bertz CT molecular complexity index is 1500. The minimum absolute atomic E-state index is 0.0519. The van der Waals surface area contributed by atoms with Gasteiger partial charge in [-0.2, -0.15) is 13.2 Å². The molecule has 0 aliphatic carbocycles. The van der Waals surface area contributed by atoms with E-state index < -0.39 is 11.7 Å². The Hall–Kier alpha value is -4.33. The van der Waals surface area contributed by atoms with Crippen LogP contribution in [0.1, 0.15) is 34.8 Å². The van der Waals surface area contributed by atoms with Crippen molar-refractivity contribution in [1.82, 2.24) is 9.88 Å². The summed E-state index contributed by atoms with van der Waals surface area (Å²) >= 11 is 0. The summed E-state index contributed by atoms with van der Waals surface area (Å²) in [5, 5.41) is 3.79. The number of pyridine rings is 1. The Morgan fingerprint density at radius 3 is 2.58 bits per heavy atom. The zero-order chi connectivity index (χ0) is 26.7. The van der Waals surface area contributed by atoms with Crippen LogP contribution in [-0.2, 0) is 6.18 Å². The average Bonchev–Trinajstić information content (AvgIpc) is 2.93. The molecule has 2 heterocycles. The maximum Gasteiger partial charge on any atom is 0.416 e. The zero-order valence-electron chi connectivity index (χ0n) is 20.8. The Morgan fingerprint density at radius 2 is 1.87 bits per heavy atom. The van der Waals surface area contributed by atoms with Crippen molar-refractivity contribution < 1.29 is 22.7 Å². The summed E-state index contributed by atoms with van der Waals surface area (Å²) in [5.74, 6) is 0.785. The lowest BCUT2D eigenvalue weighted by atomic mass is 9.99. The predicted octanol–water partition coefficient (Wildman–Crippen LogP) is 7.33. The number of aromatic nitrogens is 1. The highest BCUT2D eigenvalue weighted by atomic mass is 19.4. The highest BCUT2D eigenvalue weighted by Gasteiger charge is 2.30. The molecule has 4 aromatic rings. The lowest BCUT2D eigenvalue weighted by Crippen LogP contribution is -2.34. The molecule has 0 unspecified atom stereocenters. The van der Waals surface area contributed by atoms with Crippen LogP contribution >= 0.6 is 0 Å². The van der Waals surface area contributed by atoms with Crippen LogP contribution in [0.5, 0.6) is 5.75 Å². The minimum Gasteiger partial charge on any atom is -0.494 e. The number of fused-ring (bicyclic) bond motifs is 1. The maximum absolute atomic E-state index is 13.1. The van der Waals surface area contributed by atoms with E-state index in [1.807, 2.05) is 30.0 Å². The van der Waals surface area contributed by atoms with Crippen LogP contribution in [0.25, 0.3) is 16.5 Å². The van der Waals surface area contributed by atoms with E-state index in [4.69, 9.17) is 4.74 Å². The van der Waals surface area contributed by atoms with Crippen molar-refractivity contribution in [3.63, 3.8) is 0 Å². The molecule has 0 fully saturated rings. The SMILES string of the molecule is CCOc1cccc(C2=CCN(C(=O)c3ccc(Nc4ccnc5cc(C(F)(F)F)ccc45)cc3)CC2)c1. The molecule has 0 spiro atoms. The molecule has 0 saturated heterocycles. The van der Waals surface area contributed by atoms with Crippen molar-refractivity contribution in [1.29, 1.82) is 0 Å². The number of ether oxygens (including phenoxy) is 1. The van der Waals surface area contributed by atoms with Gasteiger partial charge in [-0.3, -0.25) is 9.78 Å². The molecule has 0 radical (unpaired) electrons. The van der Waals surface area contributed by atoms with Crippen molar-refractivity contribution >= 4 is 33.8 Å². The first-order valence-electron chi connectivity index (χ1n) is 12.4. The lowest BCUT2D eigenvalue weighted by molar-refractivity contribution is -0.137. The Morgan fingerprint density at radius 1 is 1.05 bits per heavy atom. The standard InChI is InChI=1S/C30H26F3N3O2/c1-2-38-25-5-3-4-22(18-25)20-13-16-36(17-14-20)29(37)21-6-9-24(10-7-21)35-27-12-15-34-28-19-23(30(31,32)33)8-11-26(27)28/h3-13,15,18-19H,2,14,16-17H2,1H3,(H,34,35). The molecule has 5 nitrogen and oxygen atoms in total. The molecule has 1 aliphatic heterocycles. The monoisotopic (exact) mass is 517 g/mol. The van der Waals surface area contributed by atoms with Crippen LogP contribution < -0.4 is 10.1 Å². The van der Waals surface area contributed by atoms with Crippen LogP contribution in [0.4, 0.5) is 24.5 Å². The van der Waals surface area contributed by atoms with E-state index in [0.29, 0.717) is 42.0 Å². The molecule has 38 heavy (non-hydrogen) atoms. The van der Waals surface area contributed by atoms with E-state index in [9.17, 15) is 18.0 Å². The van der Waals surface area contributed by atoms with Gasteiger partial charge >= 0.3 is 6.18 Å². The summed E-state index contributed by atoms with van der Waals surface area (Å²) in [4.78, 5) is 19.0. The first kappa shape index (κ1) is 25.3. The van der Waals surface area contributed by atoms with Gasteiger partial charge in [-0.25, -0.2) is 0 Å². The van der Waals surface area contributed by atoms with Crippen molar-refractivity contribution in [2.45, 2.75) is 19.5 Å². The highest BCUT2D eigenvalue weighted by molar-refractivity contribution is 5.96. The molecular formula is C30H26F3N3O2. The molecule has 1 N–H and O–H groups in total. The Kier molecular flexibility index (Phi) is 7.05. The van der Waals surface area contributed by atoms with Gasteiger partial charge in [-0.05, 0) is 79.1 Å². The van der Waals surface area contributed by atoms with Gasteiger partial charge in [-0.15, -0.1) is 0 Å². The van der Waals surface area contributed by atoms with Crippen LogP contribution in [0.3, 0.4) is 0 Å². The average molecular weight is 518 g/mol. The van der Waals surface area contributed by atoms with E-state index in [0.717, 1.165) is 29.9 Å². The van der Waals surface area contributed by atoms with E-state index in [2.05, 4.69) is 22.4 Å². The third-order valence-corrected chi connectivity index (χ3v) is 6.49. The van der Waals surface area contributed by atoms with E-state index in [1.54, 1.807) is 30.3 Å². The number of anilines is 2. The summed E-state index contributed by atoms with van der Waals surface area (Å²) in [6, 6.07) is 20.3. The van der Waals surface area contributed by atoms with Gasteiger partial charge in [0, 0.05) is 41.6 Å². The smallest absolute Gasteiger partial charge is 0.416 e. The minimum atomic E-state index is -4.43. The molecule has 194 valence electrons. The van der Waals surface area contributed by atoms with Crippen LogP contribution in [0.2, 0.25) is 0 Å². The number of carbonyl (C=O) groups is 1. The summed E-state index contributed by atoms with van der Waals surface area (Å²) in [6.45, 7) is 3.71. The van der Waals surface area contributed by atoms with Crippen molar-refractivity contribution in [2.24, 2.45) is 0 Å². The topological polar surface area (TPSA) is 54.5 Å². The molecule has 1 aromatic heterocycles. The van der Waals surface area contributed by atoms with Crippen LogP contribution in [-0.4, -0.2) is 35.5 Å². The van der Waals surface area contributed by atoms with Gasteiger partial charge in [0.25, 0.3) is 5.91 Å². The van der Waals surface area contributed by atoms with Gasteiger partial charge in [-0.1, -0.05) is 24.3 Å². The van der Waals surface area contributed by atoms with Crippen molar-refractivity contribution in [3.8, 4) is 5.75 Å². The number of amides is 1. The largest absolute Gasteiger partial charge is 0.494 e. The van der Waals surface area contributed by atoms with E-state index in [-0.39, 0.29) is 11.4 Å². The first-order valence-corrected chi connectivity index (χ1v) is 12.4. The molecule has 5 rings (SSSR count). The number of nitrogens with one attached hydrogen (secondary N) is 1. The normalized spacial score (nSPS) is 13.8. The summed E-state index contributed by atoms with van der Waals surface area (Å²) in [6.07, 6.45) is -0.122. The summed E-state index contributed by atoms with van der Waals surface area (Å²) in [7, 11) is 0. The third kappa shape index (κ3) is 5.49. The number of halogens is 3. The molecule has 3 aromatic carbocycles. The fourth-order valence-electron chi connectivity index (χ4n) is 4.54. The number of rotatable bonds is 6. The first-order chi connectivity index (χ1) is 18.3. The number of nitrogens with zero attached hydrogens (tertiary/aromatic N) is 2. The van der Waals surface area contributed by atoms with Gasteiger partial charge in [0.05, 0.1) is 17.7 Å². The summed E-state index contributed by atoms with van der Waals surface area (Å²) in [5.41, 5.74) is 3.72. The van der Waals surface area contributed by atoms with Crippen LogP contribution in [0.15, 0.2) is 85.1 Å². The van der Waals surface area contributed by atoms with Crippen molar-refractivity contribution in [3.05, 3.63) is 102 Å². The van der Waals surface area contributed by atoms with Crippen molar-refractivity contribution in [2.75, 3.05) is 25.0 Å². The molecule has 1 aliphatic rings. The molecular weight excluding hydrogens is 491 g/mol. The number of carbonyl (C=O) groups excluding carboxylic acids is 1. The fourth-order valence-corrected chi connectivity index (χ4v) is 4.54. The van der Waals surface area contributed by atoms with Gasteiger partial charge in [0.15, 0.2) is 0 Å². The quantitative estimate of drug-likeness (QED) is 0.291. The maximum atomic E-state index is 13.1. The van der Waals surface area contributed by atoms with Gasteiger partial charge in [0.1, 0.15) is 5.75 Å². The highest BCUT2D eigenvalue weighted by Crippen LogP contribution is 2.33. The van der Waals surface area contributed by atoms with E-state index >= 15 is 0 Å². The van der Waals surface area contributed by atoms with Crippen LogP contribution in [0, 0.1) is 0 Å². The second kappa shape index (κ2) is 10.6. The van der Waals surface area contributed by atoms with Gasteiger partial charge in [0.2, 0.25) is 0 Å². The third-order valence-electron chi connectivity index (χ3n) is 6.49. The molecule has 1 amide bonds. The number of hydrogen-bond donors (Lipinski definition) is 1. The van der Waals surface area contributed by atoms with E-state index in [1.165, 1.54) is 17.8 Å². The zero-order valence-corrected chi connectivity index (χ0v) is 20.8. The Balaban J connectivity index is 1.26. The number of benzene rings is 3. The second-order valence-electron chi connectivity index (χ2n) is 8.98. The number of hydrogen-bond acceptors (Lipinski definition) is 4. The molecule has 8 heteroatoms. The predicted molar refractivity (Wildman–Crippen MR) is 143 cm³/mol. The lowest BCUT2D eigenvalue weighted by Gasteiger charge is -2.27. The summed E-state index contributed by atoms with van der Waals surface area (Å²) < 4.78 is 44.8. The Labute approximate surface area is 218 Å². The second-order valence-corrected chi connectivity index (χ2v) is 8.98.